The number of aliphatic hydroxyl groups excluding tert-OH is 2. The molecule has 66 valence electrons. The molecule has 4 atom stereocenters. The van der Waals surface area contributed by atoms with E-state index in [1.54, 1.807) is 0 Å². The van der Waals surface area contributed by atoms with E-state index in [0.717, 1.165) is 12.8 Å². The minimum absolute atomic E-state index is 0.134. The van der Waals surface area contributed by atoms with Gasteiger partial charge in [-0.1, -0.05) is 20.3 Å². The molecule has 0 aromatic rings. The van der Waals surface area contributed by atoms with E-state index in [2.05, 4.69) is 13.8 Å². The normalized spacial score (nSPS) is 44.7. The van der Waals surface area contributed by atoms with Crippen LogP contribution in [0.15, 0.2) is 0 Å². The molecule has 0 aromatic heterocycles. The third-order valence-corrected chi connectivity index (χ3v) is 3.07. The SMILES string of the molecule is CCC1C(C)CC(O)C1CO. The summed E-state index contributed by atoms with van der Waals surface area (Å²) in [4.78, 5) is 0. The highest BCUT2D eigenvalue weighted by molar-refractivity contribution is 4.87. The summed E-state index contributed by atoms with van der Waals surface area (Å²) in [5.41, 5.74) is 0. The van der Waals surface area contributed by atoms with Gasteiger partial charge in [0.15, 0.2) is 0 Å². The molecule has 11 heavy (non-hydrogen) atoms. The second-order valence-electron chi connectivity index (χ2n) is 3.70. The molecule has 0 aliphatic heterocycles. The summed E-state index contributed by atoms with van der Waals surface area (Å²) < 4.78 is 0. The largest absolute Gasteiger partial charge is 0.396 e. The Labute approximate surface area is 68.2 Å². The highest BCUT2D eigenvalue weighted by Crippen LogP contribution is 2.38. The summed E-state index contributed by atoms with van der Waals surface area (Å²) in [6, 6.07) is 0. The molecule has 1 aliphatic carbocycles. The van der Waals surface area contributed by atoms with Crippen molar-refractivity contribution in [2.75, 3.05) is 6.61 Å². The molecule has 0 aromatic carbocycles. The van der Waals surface area contributed by atoms with Crippen LogP contribution >= 0.6 is 0 Å². The van der Waals surface area contributed by atoms with Crippen molar-refractivity contribution in [2.45, 2.75) is 32.8 Å². The first-order chi connectivity index (χ1) is 5.20. The Morgan fingerprint density at radius 2 is 2.00 bits per heavy atom. The highest BCUT2D eigenvalue weighted by atomic mass is 16.3. The van der Waals surface area contributed by atoms with Crippen LogP contribution in [0.2, 0.25) is 0 Å². The molecule has 2 nitrogen and oxygen atoms in total. The van der Waals surface area contributed by atoms with E-state index in [0.29, 0.717) is 11.8 Å². The molecule has 0 spiro atoms. The van der Waals surface area contributed by atoms with Crippen molar-refractivity contribution in [3.05, 3.63) is 0 Å². The quantitative estimate of drug-likeness (QED) is 0.630. The predicted molar refractivity (Wildman–Crippen MR) is 44.1 cm³/mol. The van der Waals surface area contributed by atoms with Crippen LogP contribution < -0.4 is 0 Å². The Balaban J connectivity index is 2.59. The fraction of sp³-hybridized carbons (Fsp3) is 1.00. The molecule has 1 rings (SSSR count). The lowest BCUT2D eigenvalue weighted by atomic mass is 9.88. The van der Waals surface area contributed by atoms with Crippen LogP contribution in [0.3, 0.4) is 0 Å². The van der Waals surface area contributed by atoms with Crippen molar-refractivity contribution in [3.8, 4) is 0 Å². The van der Waals surface area contributed by atoms with Gasteiger partial charge in [-0.2, -0.15) is 0 Å². The minimum Gasteiger partial charge on any atom is -0.396 e. The van der Waals surface area contributed by atoms with E-state index < -0.39 is 0 Å². The zero-order valence-electron chi connectivity index (χ0n) is 7.33. The van der Waals surface area contributed by atoms with Gasteiger partial charge in [-0.25, -0.2) is 0 Å². The van der Waals surface area contributed by atoms with Crippen molar-refractivity contribution in [2.24, 2.45) is 17.8 Å². The Morgan fingerprint density at radius 1 is 1.36 bits per heavy atom. The van der Waals surface area contributed by atoms with Crippen LogP contribution in [0.4, 0.5) is 0 Å². The summed E-state index contributed by atoms with van der Waals surface area (Å²) in [5, 5.41) is 18.5. The molecular formula is C9H18O2. The van der Waals surface area contributed by atoms with Crippen LogP contribution in [-0.4, -0.2) is 22.9 Å². The summed E-state index contributed by atoms with van der Waals surface area (Å²) >= 11 is 0. The third-order valence-electron chi connectivity index (χ3n) is 3.07. The fourth-order valence-corrected chi connectivity index (χ4v) is 2.40. The fourth-order valence-electron chi connectivity index (χ4n) is 2.40. The molecule has 2 heteroatoms. The number of rotatable bonds is 2. The Bertz CT molecular complexity index is 111. The molecule has 1 aliphatic rings. The van der Waals surface area contributed by atoms with Crippen molar-refractivity contribution in [1.29, 1.82) is 0 Å². The summed E-state index contributed by atoms with van der Waals surface area (Å²) in [6.45, 7) is 4.43. The van der Waals surface area contributed by atoms with Crippen LogP contribution in [0.1, 0.15) is 26.7 Å². The van der Waals surface area contributed by atoms with Crippen LogP contribution in [0.25, 0.3) is 0 Å². The van der Waals surface area contributed by atoms with Gasteiger partial charge in [-0.15, -0.1) is 0 Å². The monoisotopic (exact) mass is 158 g/mol. The van der Waals surface area contributed by atoms with Gasteiger partial charge in [-0.3, -0.25) is 0 Å². The molecule has 1 saturated carbocycles. The zero-order valence-corrected chi connectivity index (χ0v) is 7.33. The lowest BCUT2D eigenvalue weighted by Gasteiger charge is -2.19. The molecule has 0 amide bonds. The molecule has 0 saturated heterocycles. The van der Waals surface area contributed by atoms with Gasteiger partial charge < -0.3 is 10.2 Å². The molecule has 1 fully saturated rings. The minimum atomic E-state index is -0.264. The number of aliphatic hydroxyl groups is 2. The Kier molecular flexibility index (Phi) is 2.90. The Morgan fingerprint density at radius 3 is 2.36 bits per heavy atom. The first-order valence-corrected chi connectivity index (χ1v) is 4.49. The van der Waals surface area contributed by atoms with Crippen LogP contribution in [-0.2, 0) is 0 Å². The lowest BCUT2D eigenvalue weighted by Crippen LogP contribution is -2.23. The van der Waals surface area contributed by atoms with Crippen molar-refractivity contribution in [3.63, 3.8) is 0 Å². The zero-order chi connectivity index (χ0) is 8.43. The van der Waals surface area contributed by atoms with Gasteiger partial charge in [0.2, 0.25) is 0 Å². The first kappa shape index (κ1) is 9.01. The van der Waals surface area contributed by atoms with Gasteiger partial charge in [0, 0.05) is 12.5 Å². The van der Waals surface area contributed by atoms with Gasteiger partial charge in [0.1, 0.15) is 0 Å². The Hall–Kier alpha value is -0.0800. The van der Waals surface area contributed by atoms with E-state index in [4.69, 9.17) is 5.11 Å². The average molecular weight is 158 g/mol. The van der Waals surface area contributed by atoms with Crippen molar-refractivity contribution in [1.82, 2.24) is 0 Å². The summed E-state index contributed by atoms with van der Waals surface area (Å²) in [5.74, 6) is 1.23. The maximum atomic E-state index is 9.50. The molecular weight excluding hydrogens is 140 g/mol. The summed E-state index contributed by atoms with van der Waals surface area (Å²) in [6.07, 6.45) is 1.67. The number of hydrogen-bond donors (Lipinski definition) is 2. The highest BCUT2D eigenvalue weighted by Gasteiger charge is 2.38. The van der Waals surface area contributed by atoms with E-state index >= 15 is 0 Å². The average Bonchev–Trinajstić information content (AvgIpc) is 2.24. The topological polar surface area (TPSA) is 40.5 Å². The van der Waals surface area contributed by atoms with Crippen molar-refractivity contribution < 1.29 is 10.2 Å². The first-order valence-electron chi connectivity index (χ1n) is 4.49. The molecule has 0 bridgehead atoms. The van der Waals surface area contributed by atoms with Gasteiger partial charge in [0.05, 0.1) is 6.10 Å². The second kappa shape index (κ2) is 3.55. The van der Waals surface area contributed by atoms with Gasteiger partial charge in [0.25, 0.3) is 0 Å². The van der Waals surface area contributed by atoms with Gasteiger partial charge >= 0.3 is 0 Å². The third kappa shape index (κ3) is 1.57. The molecule has 0 heterocycles. The molecule has 0 radical (unpaired) electrons. The maximum absolute atomic E-state index is 9.50. The predicted octanol–water partition coefficient (Wildman–Crippen LogP) is 1.02. The summed E-state index contributed by atoms with van der Waals surface area (Å²) in [7, 11) is 0. The lowest BCUT2D eigenvalue weighted by molar-refractivity contribution is 0.0707. The van der Waals surface area contributed by atoms with Crippen LogP contribution in [0, 0.1) is 17.8 Å². The molecule has 2 N–H and O–H groups in total. The molecule has 4 unspecified atom stereocenters. The number of hydrogen-bond acceptors (Lipinski definition) is 2. The van der Waals surface area contributed by atoms with E-state index in [-0.39, 0.29) is 18.6 Å². The van der Waals surface area contributed by atoms with E-state index in [9.17, 15) is 5.11 Å². The maximum Gasteiger partial charge on any atom is 0.0595 e. The van der Waals surface area contributed by atoms with E-state index in [1.165, 1.54) is 0 Å². The van der Waals surface area contributed by atoms with Crippen molar-refractivity contribution >= 4 is 0 Å². The van der Waals surface area contributed by atoms with Gasteiger partial charge in [-0.05, 0) is 18.3 Å². The standard InChI is InChI=1S/C9H18O2/c1-3-7-6(2)4-9(11)8(7)5-10/h6-11H,3-5H2,1-2H3. The van der Waals surface area contributed by atoms with Crippen LogP contribution in [0.5, 0.6) is 0 Å². The smallest absolute Gasteiger partial charge is 0.0595 e. The second-order valence-corrected chi connectivity index (χ2v) is 3.70. The van der Waals surface area contributed by atoms with E-state index in [1.807, 2.05) is 0 Å².